The van der Waals surface area contributed by atoms with Gasteiger partial charge in [-0.1, -0.05) is 56.3 Å². The standard InChI is InChI=1S/C22H29NO3/c1-16(2)19-12-11-17(3)21(25-14-13-23(4)5)20(19)22(24)26-15-18-9-7-6-8-10-18/h6-12,16H,13-15H2,1-5H3. The molecular formula is C22H29NO3. The third-order valence-corrected chi connectivity index (χ3v) is 4.21. The molecular weight excluding hydrogens is 326 g/mol. The van der Waals surface area contributed by atoms with Crippen molar-refractivity contribution in [3.63, 3.8) is 0 Å². The van der Waals surface area contributed by atoms with E-state index in [0.717, 1.165) is 23.2 Å². The fourth-order valence-corrected chi connectivity index (χ4v) is 2.71. The lowest BCUT2D eigenvalue weighted by Crippen LogP contribution is -2.21. The Labute approximate surface area is 156 Å². The quantitative estimate of drug-likeness (QED) is 0.657. The van der Waals surface area contributed by atoms with E-state index >= 15 is 0 Å². The van der Waals surface area contributed by atoms with Crippen molar-refractivity contribution < 1.29 is 14.3 Å². The van der Waals surface area contributed by atoms with Crippen LogP contribution >= 0.6 is 0 Å². The number of carbonyl (C=O) groups excluding carboxylic acids is 1. The first-order chi connectivity index (χ1) is 12.4. The van der Waals surface area contributed by atoms with Crippen LogP contribution in [0.3, 0.4) is 0 Å². The molecule has 2 aromatic rings. The van der Waals surface area contributed by atoms with E-state index < -0.39 is 0 Å². The summed E-state index contributed by atoms with van der Waals surface area (Å²) < 4.78 is 11.6. The molecule has 4 nitrogen and oxygen atoms in total. The third kappa shape index (κ3) is 5.33. The van der Waals surface area contributed by atoms with E-state index in [1.54, 1.807) is 0 Å². The average molecular weight is 355 g/mol. The molecule has 0 heterocycles. The van der Waals surface area contributed by atoms with E-state index in [2.05, 4.69) is 18.7 Å². The number of esters is 1. The molecule has 26 heavy (non-hydrogen) atoms. The zero-order valence-electron chi connectivity index (χ0n) is 16.4. The molecule has 0 aromatic heterocycles. The van der Waals surface area contributed by atoms with Crippen LogP contribution in [0.1, 0.15) is 46.8 Å². The van der Waals surface area contributed by atoms with E-state index in [9.17, 15) is 4.79 Å². The van der Waals surface area contributed by atoms with Crippen LogP contribution in [-0.2, 0) is 11.3 Å². The zero-order valence-corrected chi connectivity index (χ0v) is 16.4. The van der Waals surface area contributed by atoms with Gasteiger partial charge in [0.15, 0.2) is 0 Å². The van der Waals surface area contributed by atoms with Gasteiger partial charge in [-0.15, -0.1) is 0 Å². The second-order valence-corrected chi connectivity index (χ2v) is 7.04. The summed E-state index contributed by atoms with van der Waals surface area (Å²) in [6.07, 6.45) is 0. The number of hydrogen-bond donors (Lipinski definition) is 0. The van der Waals surface area contributed by atoms with Gasteiger partial charge in [-0.05, 0) is 43.6 Å². The highest BCUT2D eigenvalue weighted by Crippen LogP contribution is 2.32. The van der Waals surface area contributed by atoms with Gasteiger partial charge in [0.1, 0.15) is 24.5 Å². The maximum Gasteiger partial charge on any atom is 0.342 e. The van der Waals surface area contributed by atoms with Crippen molar-refractivity contribution in [1.29, 1.82) is 0 Å². The first-order valence-electron chi connectivity index (χ1n) is 9.02. The van der Waals surface area contributed by atoms with Gasteiger partial charge in [-0.3, -0.25) is 0 Å². The highest BCUT2D eigenvalue weighted by molar-refractivity contribution is 5.95. The lowest BCUT2D eigenvalue weighted by atomic mass is 9.94. The number of likely N-dealkylation sites (N-methyl/N-ethyl adjacent to an activating group) is 1. The molecule has 0 radical (unpaired) electrons. The van der Waals surface area contributed by atoms with Gasteiger partial charge >= 0.3 is 5.97 Å². The largest absolute Gasteiger partial charge is 0.491 e. The predicted octanol–water partition coefficient (Wildman–Crippen LogP) is 4.42. The minimum Gasteiger partial charge on any atom is -0.491 e. The smallest absolute Gasteiger partial charge is 0.342 e. The fraction of sp³-hybridized carbons (Fsp3) is 0.409. The van der Waals surface area contributed by atoms with Gasteiger partial charge in [-0.2, -0.15) is 0 Å². The summed E-state index contributed by atoms with van der Waals surface area (Å²) in [6.45, 7) is 7.66. The maximum absolute atomic E-state index is 12.9. The molecule has 140 valence electrons. The van der Waals surface area contributed by atoms with Crippen molar-refractivity contribution in [1.82, 2.24) is 4.90 Å². The summed E-state index contributed by atoms with van der Waals surface area (Å²) in [5.41, 5.74) is 3.41. The normalized spacial score (nSPS) is 11.0. The molecule has 0 spiro atoms. The minimum atomic E-state index is -0.332. The zero-order chi connectivity index (χ0) is 19.1. The Hall–Kier alpha value is -2.33. The molecule has 4 heteroatoms. The van der Waals surface area contributed by atoms with E-state index in [-0.39, 0.29) is 18.5 Å². The highest BCUT2D eigenvalue weighted by Gasteiger charge is 2.23. The fourth-order valence-electron chi connectivity index (χ4n) is 2.71. The van der Waals surface area contributed by atoms with Gasteiger partial charge in [0.2, 0.25) is 0 Å². The van der Waals surface area contributed by atoms with Crippen LogP contribution < -0.4 is 4.74 Å². The average Bonchev–Trinajstić information content (AvgIpc) is 2.61. The summed E-state index contributed by atoms with van der Waals surface area (Å²) in [4.78, 5) is 15.0. The van der Waals surface area contributed by atoms with Gasteiger partial charge < -0.3 is 14.4 Å². The summed E-state index contributed by atoms with van der Waals surface area (Å²) in [5, 5.41) is 0. The Bertz CT molecular complexity index is 724. The number of hydrogen-bond acceptors (Lipinski definition) is 4. The summed E-state index contributed by atoms with van der Waals surface area (Å²) in [7, 11) is 3.99. The lowest BCUT2D eigenvalue weighted by molar-refractivity contribution is 0.0465. The molecule has 0 saturated heterocycles. The SMILES string of the molecule is Cc1ccc(C(C)C)c(C(=O)OCc2ccccc2)c1OCCN(C)C. The first kappa shape index (κ1) is 20.0. The monoisotopic (exact) mass is 355 g/mol. The van der Waals surface area contributed by atoms with Gasteiger partial charge in [-0.25, -0.2) is 4.79 Å². The Kier molecular flexibility index (Phi) is 7.22. The van der Waals surface area contributed by atoms with Crippen LogP contribution in [0.5, 0.6) is 5.75 Å². The van der Waals surface area contributed by atoms with Crippen LogP contribution in [0.15, 0.2) is 42.5 Å². The van der Waals surface area contributed by atoms with E-state index in [0.29, 0.717) is 17.9 Å². The van der Waals surface area contributed by atoms with Crippen molar-refractivity contribution in [2.24, 2.45) is 0 Å². The van der Waals surface area contributed by atoms with E-state index in [1.807, 2.05) is 63.5 Å². The predicted molar refractivity (Wildman–Crippen MR) is 105 cm³/mol. The van der Waals surface area contributed by atoms with Crippen molar-refractivity contribution in [3.8, 4) is 5.75 Å². The van der Waals surface area contributed by atoms with Crippen molar-refractivity contribution >= 4 is 5.97 Å². The molecule has 0 fully saturated rings. The molecule has 0 atom stereocenters. The van der Waals surface area contributed by atoms with Gasteiger partial charge in [0.05, 0.1) is 0 Å². The third-order valence-electron chi connectivity index (χ3n) is 4.21. The molecule has 0 aliphatic carbocycles. The van der Waals surface area contributed by atoms with E-state index in [1.165, 1.54) is 0 Å². The van der Waals surface area contributed by atoms with E-state index in [4.69, 9.17) is 9.47 Å². The molecule has 0 N–H and O–H groups in total. The molecule has 2 aromatic carbocycles. The van der Waals surface area contributed by atoms with Crippen LogP contribution in [0.25, 0.3) is 0 Å². The number of aryl methyl sites for hydroxylation is 1. The molecule has 0 aliphatic heterocycles. The Morgan fingerprint density at radius 2 is 1.77 bits per heavy atom. The van der Waals surface area contributed by atoms with Crippen LogP contribution in [-0.4, -0.2) is 38.1 Å². The Morgan fingerprint density at radius 1 is 1.08 bits per heavy atom. The molecule has 0 aliphatic rings. The summed E-state index contributed by atoms with van der Waals surface area (Å²) >= 11 is 0. The van der Waals surface area contributed by atoms with Crippen LogP contribution in [0, 0.1) is 6.92 Å². The maximum atomic E-state index is 12.9. The second-order valence-electron chi connectivity index (χ2n) is 7.04. The van der Waals surface area contributed by atoms with Crippen molar-refractivity contribution in [3.05, 3.63) is 64.7 Å². The highest BCUT2D eigenvalue weighted by atomic mass is 16.5. The summed E-state index contributed by atoms with van der Waals surface area (Å²) in [5.74, 6) is 0.503. The molecule has 0 amide bonds. The van der Waals surface area contributed by atoms with Gasteiger partial charge in [0.25, 0.3) is 0 Å². The Morgan fingerprint density at radius 3 is 2.38 bits per heavy atom. The first-order valence-corrected chi connectivity index (χ1v) is 9.02. The lowest BCUT2D eigenvalue weighted by Gasteiger charge is -2.20. The number of nitrogens with zero attached hydrogens (tertiary/aromatic N) is 1. The van der Waals surface area contributed by atoms with Gasteiger partial charge in [0, 0.05) is 6.54 Å². The van der Waals surface area contributed by atoms with Crippen molar-refractivity contribution in [2.75, 3.05) is 27.2 Å². The molecule has 0 saturated carbocycles. The topological polar surface area (TPSA) is 38.8 Å². The van der Waals surface area contributed by atoms with Crippen LogP contribution in [0.4, 0.5) is 0 Å². The number of carbonyl (C=O) groups is 1. The molecule has 2 rings (SSSR count). The number of ether oxygens (including phenoxy) is 2. The summed E-state index contributed by atoms with van der Waals surface area (Å²) in [6, 6.07) is 13.7. The van der Waals surface area contributed by atoms with Crippen molar-refractivity contribution in [2.45, 2.75) is 33.3 Å². The number of benzene rings is 2. The molecule has 0 unspecified atom stereocenters. The minimum absolute atomic E-state index is 0.200. The Balaban J connectivity index is 2.27. The molecule has 0 bridgehead atoms. The van der Waals surface area contributed by atoms with Crippen LogP contribution in [0.2, 0.25) is 0 Å². The number of rotatable bonds is 8. The second kappa shape index (κ2) is 9.39.